The molecule has 1 atom stereocenters. The first kappa shape index (κ1) is 15.1. The van der Waals surface area contributed by atoms with Crippen molar-refractivity contribution in [2.45, 2.75) is 38.1 Å². The Hall–Kier alpha value is -1.30. The average molecular weight is 283 g/mol. The van der Waals surface area contributed by atoms with Crippen LogP contribution in [0.15, 0.2) is 0 Å². The fourth-order valence-electron chi connectivity index (χ4n) is 2.97. The molecule has 2 saturated heterocycles. The number of rotatable bonds is 5. The van der Waals surface area contributed by atoms with Gasteiger partial charge >= 0.3 is 6.03 Å². The zero-order chi connectivity index (χ0) is 14.4. The molecule has 0 aromatic carbocycles. The molecular weight excluding hydrogens is 258 g/mol. The summed E-state index contributed by atoms with van der Waals surface area (Å²) >= 11 is 0. The van der Waals surface area contributed by atoms with Crippen LogP contribution < -0.4 is 5.32 Å². The number of hydrogen-bond donors (Lipinski definition) is 1. The molecule has 2 aliphatic rings. The molecule has 1 N–H and O–H groups in total. The molecular formula is C14H25N3O3. The van der Waals surface area contributed by atoms with Crippen LogP contribution in [0.4, 0.5) is 4.79 Å². The molecule has 0 unspecified atom stereocenters. The van der Waals surface area contributed by atoms with Crippen LogP contribution in [0.5, 0.6) is 0 Å². The van der Waals surface area contributed by atoms with Gasteiger partial charge in [-0.1, -0.05) is 0 Å². The number of hydrogen-bond acceptors (Lipinski definition) is 3. The Kier molecular flexibility index (Phi) is 5.64. The number of carbonyl (C=O) groups excluding carboxylic acids is 2. The van der Waals surface area contributed by atoms with Crippen molar-refractivity contribution < 1.29 is 14.3 Å². The molecule has 6 heteroatoms. The summed E-state index contributed by atoms with van der Waals surface area (Å²) in [4.78, 5) is 27.7. The molecule has 0 radical (unpaired) electrons. The highest BCUT2D eigenvalue weighted by Crippen LogP contribution is 2.20. The summed E-state index contributed by atoms with van der Waals surface area (Å²) < 4.78 is 4.94. The van der Waals surface area contributed by atoms with Gasteiger partial charge in [0.25, 0.3) is 0 Å². The Morgan fingerprint density at radius 2 is 2.20 bits per heavy atom. The number of nitrogens with zero attached hydrogens (tertiary/aromatic N) is 2. The van der Waals surface area contributed by atoms with Crippen molar-refractivity contribution in [1.29, 1.82) is 0 Å². The Morgan fingerprint density at radius 3 is 2.90 bits per heavy atom. The number of ether oxygens (including phenoxy) is 1. The minimum absolute atomic E-state index is 0.0293. The predicted octanol–water partition coefficient (Wildman–Crippen LogP) is 0.819. The van der Waals surface area contributed by atoms with Gasteiger partial charge in [0.15, 0.2) is 0 Å². The molecule has 2 fully saturated rings. The highest BCUT2D eigenvalue weighted by molar-refractivity contribution is 5.78. The van der Waals surface area contributed by atoms with Crippen molar-refractivity contribution in [2.75, 3.05) is 39.9 Å². The number of carbonyl (C=O) groups is 2. The maximum atomic E-state index is 12.2. The molecule has 114 valence electrons. The number of amides is 3. The van der Waals surface area contributed by atoms with E-state index in [0.29, 0.717) is 26.1 Å². The van der Waals surface area contributed by atoms with Crippen LogP contribution in [-0.4, -0.2) is 67.7 Å². The van der Waals surface area contributed by atoms with Gasteiger partial charge in [-0.2, -0.15) is 0 Å². The van der Waals surface area contributed by atoms with E-state index in [0.717, 1.165) is 38.8 Å². The van der Waals surface area contributed by atoms with Crippen LogP contribution >= 0.6 is 0 Å². The van der Waals surface area contributed by atoms with Gasteiger partial charge in [-0.25, -0.2) is 4.79 Å². The number of urea groups is 1. The van der Waals surface area contributed by atoms with Crippen molar-refractivity contribution in [3.05, 3.63) is 0 Å². The van der Waals surface area contributed by atoms with Gasteiger partial charge in [0.05, 0.1) is 12.6 Å². The lowest BCUT2D eigenvalue weighted by molar-refractivity contribution is -0.128. The Bertz CT molecular complexity index is 349. The summed E-state index contributed by atoms with van der Waals surface area (Å²) in [7, 11) is 1.62. The second-order valence-electron chi connectivity index (χ2n) is 5.51. The van der Waals surface area contributed by atoms with E-state index >= 15 is 0 Å². The quantitative estimate of drug-likeness (QED) is 0.760. The maximum absolute atomic E-state index is 12.2. The Balaban J connectivity index is 1.87. The third-order valence-electron chi connectivity index (χ3n) is 4.07. The predicted molar refractivity (Wildman–Crippen MR) is 75.4 cm³/mol. The topological polar surface area (TPSA) is 61.9 Å². The first-order valence-electron chi connectivity index (χ1n) is 7.53. The Labute approximate surface area is 120 Å². The van der Waals surface area contributed by atoms with Crippen molar-refractivity contribution in [2.24, 2.45) is 0 Å². The molecule has 0 spiro atoms. The third-order valence-corrected chi connectivity index (χ3v) is 4.07. The third kappa shape index (κ3) is 3.85. The monoisotopic (exact) mass is 283 g/mol. The van der Waals surface area contributed by atoms with E-state index in [2.05, 4.69) is 5.32 Å². The Morgan fingerprint density at radius 1 is 1.35 bits per heavy atom. The second kappa shape index (κ2) is 7.47. The average Bonchev–Trinajstić information content (AvgIpc) is 2.85. The van der Waals surface area contributed by atoms with E-state index in [4.69, 9.17) is 4.74 Å². The fraction of sp³-hybridized carbons (Fsp3) is 0.857. The summed E-state index contributed by atoms with van der Waals surface area (Å²) in [6, 6.07) is 0.131. The minimum atomic E-state index is -0.0293. The van der Waals surface area contributed by atoms with E-state index in [1.54, 1.807) is 7.11 Å². The van der Waals surface area contributed by atoms with E-state index in [-0.39, 0.29) is 18.0 Å². The lowest BCUT2D eigenvalue weighted by atomic mass is 10.0. The van der Waals surface area contributed by atoms with Crippen LogP contribution in [0, 0.1) is 0 Å². The first-order valence-corrected chi connectivity index (χ1v) is 7.53. The van der Waals surface area contributed by atoms with E-state index < -0.39 is 0 Å². The number of methoxy groups -OCH3 is 1. The maximum Gasteiger partial charge on any atom is 0.317 e. The van der Waals surface area contributed by atoms with Gasteiger partial charge in [-0.15, -0.1) is 0 Å². The first-order chi connectivity index (χ1) is 9.72. The van der Waals surface area contributed by atoms with E-state index in [1.165, 1.54) is 0 Å². The van der Waals surface area contributed by atoms with Crippen LogP contribution in [0.3, 0.4) is 0 Å². The highest BCUT2D eigenvalue weighted by Gasteiger charge is 2.30. The summed E-state index contributed by atoms with van der Waals surface area (Å²) in [6.07, 6.45) is 4.77. The molecule has 0 aromatic heterocycles. The number of likely N-dealkylation sites (tertiary alicyclic amines) is 2. The number of piperidine rings is 1. The van der Waals surface area contributed by atoms with Crippen molar-refractivity contribution >= 4 is 11.9 Å². The molecule has 0 aliphatic carbocycles. The van der Waals surface area contributed by atoms with Gasteiger partial charge in [0, 0.05) is 39.7 Å². The lowest BCUT2D eigenvalue weighted by Crippen LogP contribution is -2.53. The van der Waals surface area contributed by atoms with Crippen molar-refractivity contribution in [3.8, 4) is 0 Å². The van der Waals surface area contributed by atoms with E-state index in [1.807, 2.05) is 9.80 Å². The van der Waals surface area contributed by atoms with Gasteiger partial charge in [0.2, 0.25) is 5.91 Å². The van der Waals surface area contributed by atoms with Gasteiger partial charge < -0.3 is 19.9 Å². The highest BCUT2D eigenvalue weighted by atomic mass is 16.5. The molecule has 2 rings (SSSR count). The molecule has 20 heavy (non-hydrogen) atoms. The van der Waals surface area contributed by atoms with Crippen LogP contribution in [-0.2, 0) is 9.53 Å². The smallest absolute Gasteiger partial charge is 0.317 e. The summed E-state index contributed by atoms with van der Waals surface area (Å²) in [5, 5.41) is 2.88. The van der Waals surface area contributed by atoms with Gasteiger partial charge in [-0.3, -0.25) is 4.79 Å². The molecule has 6 nitrogen and oxygen atoms in total. The lowest BCUT2D eigenvalue weighted by Gasteiger charge is -2.37. The van der Waals surface area contributed by atoms with E-state index in [9.17, 15) is 9.59 Å². The van der Waals surface area contributed by atoms with Gasteiger partial charge in [0.1, 0.15) is 0 Å². The minimum Gasteiger partial charge on any atom is -0.383 e. The summed E-state index contributed by atoms with van der Waals surface area (Å²) in [6.45, 7) is 3.37. The molecule has 2 heterocycles. The molecule has 0 aromatic rings. The zero-order valence-electron chi connectivity index (χ0n) is 12.3. The summed E-state index contributed by atoms with van der Waals surface area (Å²) in [5.74, 6) is 0.232. The molecule has 0 saturated carbocycles. The second-order valence-corrected chi connectivity index (χ2v) is 5.51. The standard InChI is InChI=1S/C14H25N3O3/c1-20-10-7-15-14(19)17-9-3-2-5-12(17)11-16-8-4-6-13(16)18/h12H,2-11H2,1H3,(H,15,19)/t12-/m1/s1. The normalized spacial score (nSPS) is 23.2. The molecule has 0 bridgehead atoms. The van der Waals surface area contributed by atoms with Crippen molar-refractivity contribution in [3.63, 3.8) is 0 Å². The summed E-state index contributed by atoms with van der Waals surface area (Å²) in [5.41, 5.74) is 0. The molecule has 3 amide bonds. The van der Waals surface area contributed by atoms with Gasteiger partial charge in [-0.05, 0) is 25.7 Å². The zero-order valence-corrected chi connectivity index (χ0v) is 12.3. The van der Waals surface area contributed by atoms with Crippen LogP contribution in [0.25, 0.3) is 0 Å². The fourth-order valence-corrected chi connectivity index (χ4v) is 2.97. The van der Waals surface area contributed by atoms with Crippen molar-refractivity contribution in [1.82, 2.24) is 15.1 Å². The largest absolute Gasteiger partial charge is 0.383 e. The van der Waals surface area contributed by atoms with Crippen LogP contribution in [0.1, 0.15) is 32.1 Å². The van der Waals surface area contributed by atoms with Crippen LogP contribution in [0.2, 0.25) is 0 Å². The number of nitrogens with one attached hydrogen (secondary N) is 1. The SMILES string of the molecule is COCCNC(=O)N1CCCC[C@@H]1CN1CCCC1=O. The molecule has 2 aliphatic heterocycles.